The average Bonchev–Trinajstić information content (AvgIpc) is 2.92. The van der Waals surface area contributed by atoms with Gasteiger partial charge < -0.3 is 10.1 Å². The second kappa shape index (κ2) is 11.4. The minimum absolute atomic E-state index is 0.142. The first-order valence-electron chi connectivity index (χ1n) is 11.9. The predicted octanol–water partition coefficient (Wildman–Crippen LogP) is 4.77. The fourth-order valence-electron chi connectivity index (χ4n) is 4.10. The molecule has 0 bridgehead atoms. The lowest BCUT2D eigenvalue weighted by Crippen LogP contribution is -2.23. The van der Waals surface area contributed by atoms with E-state index in [4.69, 9.17) is 4.74 Å². The normalized spacial score (nSPS) is 11.1. The Hall–Kier alpha value is -4.30. The first kappa shape index (κ1) is 26.8. The highest BCUT2D eigenvalue weighted by Crippen LogP contribution is 2.27. The van der Waals surface area contributed by atoms with Crippen molar-refractivity contribution < 1.29 is 22.7 Å². The fourth-order valence-corrected chi connectivity index (χ4v) is 5.09. The van der Waals surface area contributed by atoms with Gasteiger partial charge in [-0.2, -0.15) is 0 Å². The number of nitrogens with zero attached hydrogens (tertiary/aromatic N) is 1. The molecule has 1 amide bonds. The van der Waals surface area contributed by atoms with Gasteiger partial charge in [0.05, 0.1) is 30.7 Å². The smallest absolute Gasteiger partial charge is 0.309 e. The maximum Gasteiger partial charge on any atom is 0.309 e. The van der Waals surface area contributed by atoms with Crippen molar-refractivity contribution in [3.63, 3.8) is 0 Å². The molecule has 1 N–H and O–H groups in total. The Kier molecular flexibility index (Phi) is 8.02. The van der Waals surface area contributed by atoms with Gasteiger partial charge >= 0.3 is 5.97 Å². The quantitative estimate of drug-likeness (QED) is 0.331. The second-order valence-corrected chi connectivity index (χ2v) is 11.0. The van der Waals surface area contributed by atoms with Gasteiger partial charge in [0.2, 0.25) is 0 Å². The van der Waals surface area contributed by atoms with Crippen LogP contribution in [0, 0.1) is 6.92 Å². The molecule has 38 heavy (non-hydrogen) atoms. The third-order valence-electron chi connectivity index (χ3n) is 6.16. The summed E-state index contributed by atoms with van der Waals surface area (Å²) < 4.78 is 28.7. The molecule has 0 spiro atoms. The summed E-state index contributed by atoms with van der Waals surface area (Å²) in [7, 11) is -2.06. The minimum atomic E-state index is -3.44. The lowest BCUT2D eigenvalue weighted by Gasteiger charge is -2.10. The van der Waals surface area contributed by atoms with Crippen molar-refractivity contribution in [2.75, 3.05) is 13.4 Å². The van der Waals surface area contributed by atoms with E-state index in [-0.39, 0.29) is 35.3 Å². The predicted molar refractivity (Wildman–Crippen MR) is 146 cm³/mol. The number of aryl methyl sites for hydroxylation is 1. The number of hydrogen-bond donors (Lipinski definition) is 1. The van der Waals surface area contributed by atoms with Crippen LogP contribution >= 0.6 is 0 Å². The Labute approximate surface area is 222 Å². The van der Waals surface area contributed by atoms with Gasteiger partial charge in [0.15, 0.2) is 9.84 Å². The summed E-state index contributed by atoms with van der Waals surface area (Å²) in [4.78, 5) is 28.7. The van der Waals surface area contributed by atoms with Crippen molar-refractivity contribution >= 4 is 21.7 Å². The summed E-state index contributed by atoms with van der Waals surface area (Å²) in [5, 5.41) is 2.82. The van der Waals surface area contributed by atoms with Crippen LogP contribution in [0.3, 0.4) is 0 Å². The molecule has 0 aliphatic heterocycles. The molecule has 4 rings (SSSR count). The van der Waals surface area contributed by atoms with Crippen LogP contribution in [-0.4, -0.2) is 38.6 Å². The Balaban J connectivity index is 1.48. The van der Waals surface area contributed by atoms with Gasteiger partial charge in [0.1, 0.15) is 0 Å². The topological polar surface area (TPSA) is 102 Å². The van der Waals surface area contributed by atoms with Gasteiger partial charge in [-0.05, 0) is 70.6 Å². The van der Waals surface area contributed by atoms with Crippen LogP contribution in [0.4, 0.5) is 0 Å². The Morgan fingerprint density at radius 3 is 2.24 bits per heavy atom. The van der Waals surface area contributed by atoms with Crippen molar-refractivity contribution in [3.8, 4) is 22.3 Å². The molecular formula is C30H28N2O5S. The molecule has 194 valence electrons. The van der Waals surface area contributed by atoms with Crippen molar-refractivity contribution in [2.45, 2.75) is 24.8 Å². The van der Waals surface area contributed by atoms with Crippen LogP contribution in [0.5, 0.6) is 0 Å². The van der Waals surface area contributed by atoms with E-state index in [0.717, 1.165) is 34.1 Å². The second-order valence-electron chi connectivity index (χ2n) is 9.00. The molecule has 0 saturated heterocycles. The standard InChI is InChI=1S/C30H28N2O5S/c1-20-7-10-26(18-28(20)38(3,35)36)30(34)32-19-27-17-25(13-14-31-27)24-6-4-5-23(16-24)22-11-8-21(9-12-22)15-29(33)37-2/h4-14,16-18H,15,19H2,1-3H3,(H,32,34). The van der Waals surface area contributed by atoms with Gasteiger partial charge in [0, 0.05) is 18.0 Å². The molecule has 4 aromatic rings. The lowest BCUT2D eigenvalue weighted by molar-refractivity contribution is -0.139. The third-order valence-corrected chi connectivity index (χ3v) is 7.39. The highest BCUT2D eigenvalue weighted by Gasteiger charge is 2.15. The van der Waals surface area contributed by atoms with E-state index in [1.165, 1.54) is 13.2 Å². The molecule has 0 atom stereocenters. The summed E-state index contributed by atoms with van der Waals surface area (Å²) >= 11 is 0. The Bertz CT molecular complexity index is 1600. The zero-order chi connectivity index (χ0) is 27.3. The van der Waals surface area contributed by atoms with Crippen LogP contribution in [0.1, 0.15) is 27.2 Å². The molecule has 1 aromatic heterocycles. The van der Waals surface area contributed by atoms with Crippen molar-refractivity contribution in [2.24, 2.45) is 0 Å². The van der Waals surface area contributed by atoms with Gasteiger partial charge in [-0.15, -0.1) is 0 Å². The zero-order valence-corrected chi connectivity index (χ0v) is 22.2. The van der Waals surface area contributed by atoms with Crippen LogP contribution in [0.15, 0.2) is 90.0 Å². The van der Waals surface area contributed by atoms with E-state index in [0.29, 0.717) is 11.3 Å². The summed E-state index contributed by atoms with van der Waals surface area (Å²) in [5.41, 5.74) is 6.42. The third kappa shape index (κ3) is 6.52. The molecule has 0 saturated carbocycles. The van der Waals surface area contributed by atoms with Crippen molar-refractivity contribution in [1.29, 1.82) is 0 Å². The maximum atomic E-state index is 12.7. The molecule has 8 heteroatoms. The highest BCUT2D eigenvalue weighted by molar-refractivity contribution is 7.90. The number of nitrogens with one attached hydrogen (secondary N) is 1. The monoisotopic (exact) mass is 528 g/mol. The summed E-state index contributed by atoms with van der Waals surface area (Å²) in [6.45, 7) is 1.89. The van der Waals surface area contributed by atoms with Crippen molar-refractivity contribution in [3.05, 3.63) is 107 Å². The van der Waals surface area contributed by atoms with E-state index < -0.39 is 9.84 Å². The number of rotatable bonds is 8. The first-order valence-corrected chi connectivity index (χ1v) is 13.8. The largest absolute Gasteiger partial charge is 0.469 e. The van der Waals surface area contributed by atoms with E-state index in [1.807, 2.05) is 54.6 Å². The lowest BCUT2D eigenvalue weighted by atomic mass is 9.98. The number of pyridine rings is 1. The number of benzene rings is 3. The van der Waals surface area contributed by atoms with Crippen LogP contribution in [-0.2, 0) is 32.3 Å². The van der Waals surface area contributed by atoms with Crippen LogP contribution < -0.4 is 5.32 Å². The number of methoxy groups -OCH3 is 1. The number of carbonyl (C=O) groups excluding carboxylic acids is 2. The summed E-state index contributed by atoms with van der Waals surface area (Å²) in [5.74, 6) is -0.651. The van der Waals surface area contributed by atoms with Crippen LogP contribution in [0.25, 0.3) is 22.3 Å². The molecule has 0 radical (unpaired) electrons. The maximum absolute atomic E-state index is 12.7. The van der Waals surface area contributed by atoms with Gasteiger partial charge in [-0.3, -0.25) is 14.6 Å². The zero-order valence-electron chi connectivity index (χ0n) is 21.4. The molecule has 0 aliphatic carbocycles. The number of hydrogen-bond acceptors (Lipinski definition) is 6. The number of ether oxygens (including phenoxy) is 1. The van der Waals surface area contributed by atoms with E-state index >= 15 is 0 Å². The Morgan fingerprint density at radius 1 is 0.868 bits per heavy atom. The van der Waals surface area contributed by atoms with E-state index in [9.17, 15) is 18.0 Å². The van der Waals surface area contributed by atoms with Crippen molar-refractivity contribution in [1.82, 2.24) is 10.3 Å². The van der Waals surface area contributed by atoms with Gasteiger partial charge in [-0.25, -0.2) is 8.42 Å². The molecule has 0 fully saturated rings. The van der Waals surface area contributed by atoms with E-state index in [1.54, 1.807) is 25.3 Å². The molecule has 1 heterocycles. The molecule has 3 aromatic carbocycles. The number of esters is 1. The number of aromatic nitrogens is 1. The van der Waals surface area contributed by atoms with Gasteiger partial charge in [0.25, 0.3) is 5.91 Å². The van der Waals surface area contributed by atoms with E-state index in [2.05, 4.69) is 16.4 Å². The molecular weight excluding hydrogens is 500 g/mol. The highest BCUT2D eigenvalue weighted by atomic mass is 32.2. The molecule has 0 unspecified atom stereocenters. The minimum Gasteiger partial charge on any atom is -0.469 e. The summed E-state index contributed by atoms with van der Waals surface area (Å²) in [6.07, 6.45) is 3.05. The number of amides is 1. The first-order chi connectivity index (χ1) is 18.1. The van der Waals surface area contributed by atoms with Crippen LogP contribution in [0.2, 0.25) is 0 Å². The van der Waals surface area contributed by atoms with Gasteiger partial charge in [-0.1, -0.05) is 48.5 Å². The summed E-state index contributed by atoms with van der Waals surface area (Å²) in [6, 6.07) is 24.3. The average molecular weight is 529 g/mol. The molecule has 0 aliphatic rings. The number of carbonyl (C=O) groups is 2. The fraction of sp³-hybridized carbons (Fsp3) is 0.167. The molecule has 7 nitrogen and oxygen atoms in total. The SMILES string of the molecule is COC(=O)Cc1ccc(-c2cccc(-c3ccnc(CNC(=O)c4ccc(C)c(S(C)(=O)=O)c4)c3)c2)cc1. The number of sulfone groups is 1. The Morgan fingerprint density at radius 2 is 1.55 bits per heavy atom.